The van der Waals surface area contributed by atoms with E-state index in [1.54, 1.807) is 24.3 Å². The lowest BCUT2D eigenvalue weighted by atomic mass is 10.1. The van der Waals surface area contributed by atoms with Crippen molar-refractivity contribution < 1.29 is 32.4 Å². The summed E-state index contributed by atoms with van der Waals surface area (Å²) in [4.78, 5) is 22.4. The molecule has 7 nitrogen and oxygen atoms in total. The summed E-state index contributed by atoms with van der Waals surface area (Å²) >= 11 is 0. The monoisotopic (exact) mass is 314 g/mol. The maximum Gasteiger partial charge on any atom is 0.325 e. The molecule has 1 aromatic rings. The lowest BCUT2D eigenvalue weighted by molar-refractivity contribution is -0.141. The fraction of sp³-hybridized carbons (Fsp3) is 0.231. The predicted octanol–water partition coefficient (Wildman–Crippen LogP) is 1.05. The summed E-state index contributed by atoms with van der Waals surface area (Å²) < 4.78 is 35.5. The van der Waals surface area contributed by atoms with E-state index in [-0.39, 0.29) is 5.75 Å². The van der Waals surface area contributed by atoms with Crippen LogP contribution < -0.4 is 4.74 Å². The number of carboxylic acid groups (broad SMARTS) is 1. The van der Waals surface area contributed by atoms with Crippen molar-refractivity contribution in [3.05, 3.63) is 42.5 Å². The fourth-order valence-corrected chi connectivity index (χ4v) is 2.16. The van der Waals surface area contributed by atoms with Crippen LogP contribution in [0.15, 0.2) is 36.9 Å². The Morgan fingerprint density at radius 2 is 1.95 bits per heavy atom. The SMILES string of the molecule is C=CCc1ccccc1OC(=O)CC(C(=O)O)S(=O)(=O)O. The molecule has 1 atom stereocenters. The van der Waals surface area contributed by atoms with Gasteiger partial charge in [-0.05, 0) is 18.1 Å². The molecule has 21 heavy (non-hydrogen) atoms. The number of esters is 1. The number of carbonyl (C=O) groups excluding carboxylic acids is 1. The van der Waals surface area contributed by atoms with Crippen LogP contribution in [0.1, 0.15) is 12.0 Å². The molecule has 2 N–H and O–H groups in total. The molecule has 0 fully saturated rings. The Morgan fingerprint density at radius 3 is 2.48 bits per heavy atom. The second kappa shape index (κ2) is 7.00. The predicted molar refractivity (Wildman–Crippen MR) is 73.6 cm³/mol. The van der Waals surface area contributed by atoms with Gasteiger partial charge in [0.1, 0.15) is 5.75 Å². The molecule has 8 heteroatoms. The van der Waals surface area contributed by atoms with Crippen LogP contribution in [0.4, 0.5) is 0 Å². The lowest BCUT2D eigenvalue weighted by Gasteiger charge is -2.11. The Kier molecular flexibility index (Phi) is 5.62. The maximum absolute atomic E-state index is 11.6. The van der Waals surface area contributed by atoms with E-state index in [9.17, 15) is 18.0 Å². The zero-order valence-electron chi connectivity index (χ0n) is 10.9. The Balaban J connectivity index is 2.87. The highest BCUT2D eigenvalue weighted by atomic mass is 32.2. The minimum absolute atomic E-state index is 0.182. The standard InChI is InChI=1S/C13H14O7S/c1-2-5-9-6-3-4-7-10(9)20-12(14)8-11(13(15)16)21(17,18)19/h2-4,6-7,11H,1,5,8H2,(H,15,16)(H,17,18,19). The van der Waals surface area contributed by atoms with E-state index in [2.05, 4.69) is 6.58 Å². The Bertz CT molecular complexity index is 648. The van der Waals surface area contributed by atoms with Crippen molar-refractivity contribution in [2.75, 3.05) is 0 Å². The quantitative estimate of drug-likeness (QED) is 0.334. The summed E-state index contributed by atoms with van der Waals surface area (Å²) in [5.41, 5.74) is 0.639. The Hall–Kier alpha value is -2.19. The minimum atomic E-state index is -4.89. The summed E-state index contributed by atoms with van der Waals surface area (Å²) in [6.07, 6.45) is 1.02. The molecular weight excluding hydrogens is 300 g/mol. The number of hydrogen-bond donors (Lipinski definition) is 2. The average molecular weight is 314 g/mol. The third kappa shape index (κ3) is 5.01. The number of carboxylic acids is 1. The van der Waals surface area contributed by atoms with Crippen LogP contribution in [-0.2, 0) is 26.1 Å². The summed E-state index contributed by atoms with van der Waals surface area (Å²) in [7, 11) is -4.89. The third-order valence-corrected chi connectivity index (χ3v) is 3.64. The summed E-state index contributed by atoms with van der Waals surface area (Å²) in [5, 5.41) is 6.45. The van der Waals surface area contributed by atoms with Gasteiger partial charge in [-0.1, -0.05) is 24.3 Å². The van der Waals surface area contributed by atoms with Crippen molar-refractivity contribution in [1.29, 1.82) is 0 Å². The molecule has 0 aromatic heterocycles. The number of ether oxygens (including phenoxy) is 1. The van der Waals surface area contributed by atoms with Crippen molar-refractivity contribution in [3.63, 3.8) is 0 Å². The van der Waals surface area contributed by atoms with Crippen molar-refractivity contribution in [2.45, 2.75) is 18.1 Å². The molecule has 1 unspecified atom stereocenters. The van der Waals surface area contributed by atoms with Gasteiger partial charge in [-0.2, -0.15) is 8.42 Å². The Labute approximate surface area is 121 Å². The van der Waals surface area contributed by atoms with Gasteiger partial charge in [0.15, 0.2) is 5.25 Å². The van der Waals surface area contributed by atoms with Crippen LogP contribution in [0, 0.1) is 0 Å². The van der Waals surface area contributed by atoms with E-state index >= 15 is 0 Å². The number of para-hydroxylation sites is 1. The second-order valence-electron chi connectivity index (χ2n) is 4.12. The van der Waals surface area contributed by atoms with E-state index in [4.69, 9.17) is 14.4 Å². The summed E-state index contributed by atoms with van der Waals surface area (Å²) in [6.45, 7) is 3.55. The highest BCUT2D eigenvalue weighted by molar-refractivity contribution is 7.87. The molecular formula is C13H14O7S. The van der Waals surface area contributed by atoms with E-state index in [1.165, 1.54) is 6.07 Å². The van der Waals surface area contributed by atoms with Gasteiger partial charge in [0.05, 0.1) is 6.42 Å². The smallest absolute Gasteiger partial charge is 0.325 e. The third-order valence-electron chi connectivity index (χ3n) is 2.55. The number of hydrogen-bond acceptors (Lipinski definition) is 5. The molecule has 0 saturated carbocycles. The van der Waals surface area contributed by atoms with Crippen molar-refractivity contribution in [3.8, 4) is 5.75 Å². The first kappa shape index (κ1) is 16.9. The number of carbonyl (C=O) groups is 2. The first-order chi connectivity index (χ1) is 9.75. The molecule has 0 amide bonds. The number of benzene rings is 1. The van der Waals surface area contributed by atoms with Gasteiger partial charge < -0.3 is 9.84 Å². The van der Waals surface area contributed by atoms with Crippen molar-refractivity contribution >= 4 is 22.1 Å². The minimum Gasteiger partial charge on any atom is -0.480 e. The molecule has 0 bridgehead atoms. The van der Waals surface area contributed by atoms with E-state index < -0.39 is 33.7 Å². The highest BCUT2D eigenvalue weighted by Gasteiger charge is 2.34. The molecule has 1 rings (SSSR count). The van der Waals surface area contributed by atoms with Crippen LogP contribution in [0.25, 0.3) is 0 Å². The number of allylic oxidation sites excluding steroid dienone is 1. The average Bonchev–Trinajstić information content (AvgIpc) is 2.37. The second-order valence-corrected chi connectivity index (χ2v) is 5.72. The molecule has 0 saturated heterocycles. The van der Waals surface area contributed by atoms with Crippen LogP contribution >= 0.6 is 0 Å². The van der Waals surface area contributed by atoms with E-state index in [0.29, 0.717) is 12.0 Å². The molecule has 0 aliphatic carbocycles. The van der Waals surface area contributed by atoms with Gasteiger partial charge in [0.25, 0.3) is 10.1 Å². The summed E-state index contributed by atoms with van der Waals surface area (Å²) in [6, 6.07) is 6.49. The summed E-state index contributed by atoms with van der Waals surface area (Å²) in [5.74, 6) is -2.72. The van der Waals surface area contributed by atoms with Crippen molar-refractivity contribution in [2.24, 2.45) is 0 Å². The first-order valence-corrected chi connectivity index (χ1v) is 7.34. The van der Waals surface area contributed by atoms with Gasteiger partial charge in [-0.25, -0.2) is 0 Å². The van der Waals surface area contributed by atoms with Gasteiger partial charge in [0.2, 0.25) is 0 Å². The first-order valence-electron chi connectivity index (χ1n) is 5.84. The zero-order valence-corrected chi connectivity index (χ0v) is 11.7. The van der Waals surface area contributed by atoms with E-state index in [1.807, 2.05) is 0 Å². The van der Waals surface area contributed by atoms with Crippen LogP contribution in [0.2, 0.25) is 0 Å². The molecule has 0 aliphatic rings. The lowest BCUT2D eigenvalue weighted by Crippen LogP contribution is -2.33. The van der Waals surface area contributed by atoms with Gasteiger partial charge in [-0.3, -0.25) is 14.1 Å². The zero-order chi connectivity index (χ0) is 16.0. The molecule has 1 aromatic carbocycles. The largest absolute Gasteiger partial charge is 0.480 e. The van der Waals surface area contributed by atoms with Crippen LogP contribution in [-0.4, -0.2) is 35.3 Å². The molecule has 0 radical (unpaired) electrons. The van der Waals surface area contributed by atoms with Gasteiger partial charge in [0, 0.05) is 0 Å². The fourth-order valence-electron chi connectivity index (χ4n) is 1.56. The molecule has 0 spiro atoms. The van der Waals surface area contributed by atoms with E-state index in [0.717, 1.165) is 0 Å². The topological polar surface area (TPSA) is 118 Å². The highest BCUT2D eigenvalue weighted by Crippen LogP contribution is 2.20. The molecule has 114 valence electrons. The Morgan fingerprint density at radius 1 is 1.33 bits per heavy atom. The normalized spacial score (nSPS) is 12.4. The maximum atomic E-state index is 11.6. The molecule has 0 heterocycles. The number of rotatable bonds is 7. The molecule has 0 aliphatic heterocycles. The number of aliphatic carboxylic acids is 1. The van der Waals surface area contributed by atoms with Crippen molar-refractivity contribution in [1.82, 2.24) is 0 Å². The van der Waals surface area contributed by atoms with Crippen LogP contribution in [0.5, 0.6) is 5.75 Å². The van der Waals surface area contributed by atoms with Gasteiger partial charge >= 0.3 is 11.9 Å². The van der Waals surface area contributed by atoms with Crippen LogP contribution in [0.3, 0.4) is 0 Å². The van der Waals surface area contributed by atoms with Gasteiger partial charge in [-0.15, -0.1) is 6.58 Å².